The fourth-order valence-electron chi connectivity index (χ4n) is 4.23. The second-order valence-electron chi connectivity index (χ2n) is 8.45. The molecule has 0 saturated carbocycles. The molecule has 192 valence electrons. The van der Waals surface area contributed by atoms with Gasteiger partial charge in [-0.05, 0) is 36.1 Å². The van der Waals surface area contributed by atoms with Gasteiger partial charge in [-0.15, -0.1) is 11.3 Å². The number of aliphatic imine (C=N–C) groups is 1. The van der Waals surface area contributed by atoms with E-state index in [2.05, 4.69) is 15.0 Å². The molecule has 4 rings (SSSR count). The van der Waals surface area contributed by atoms with Gasteiger partial charge in [0.05, 0.1) is 19.4 Å². The van der Waals surface area contributed by atoms with Crippen LogP contribution in [-0.2, 0) is 19.8 Å². The summed E-state index contributed by atoms with van der Waals surface area (Å²) in [7, 11) is 1.06. The molecule has 1 fully saturated rings. The Labute approximate surface area is 206 Å². The predicted molar refractivity (Wildman–Crippen MR) is 121 cm³/mol. The monoisotopic (exact) mass is 527 g/mol. The quantitative estimate of drug-likeness (QED) is 0.431. The van der Waals surface area contributed by atoms with Crippen molar-refractivity contribution in [3.8, 4) is 0 Å². The van der Waals surface area contributed by atoms with Crippen molar-refractivity contribution in [1.29, 1.82) is 0 Å². The first-order chi connectivity index (χ1) is 16.9. The molecule has 36 heavy (non-hydrogen) atoms. The van der Waals surface area contributed by atoms with Crippen molar-refractivity contribution in [3.63, 3.8) is 0 Å². The van der Waals surface area contributed by atoms with Crippen LogP contribution in [0, 0.1) is 11.6 Å². The van der Waals surface area contributed by atoms with Crippen LogP contribution in [0.2, 0.25) is 0 Å². The van der Waals surface area contributed by atoms with Crippen LogP contribution in [-0.4, -0.2) is 60.1 Å². The number of thiophene rings is 1. The van der Waals surface area contributed by atoms with Crippen LogP contribution in [0.1, 0.15) is 23.8 Å². The maximum absolute atomic E-state index is 14.5. The summed E-state index contributed by atoms with van der Waals surface area (Å²) in [6.45, 7) is 0.216. The van der Waals surface area contributed by atoms with Crippen molar-refractivity contribution in [3.05, 3.63) is 69.2 Å². The van der Waals surface area contributed by atoms with Gasteiger partial charge in [-0.2, -0.15) is 0 Å². The topological polar surface area (TPSA) is 100 Å². The summed E-state index contributed by atoms with van der Waals surface area (Å²) in [6.07, 6.45) is -2.06. The fraction of sp³-hybridized carbons (Fsp3) is 0.348. The molecule has 2 atom stereocenters. The number of benzene rings is 1. The number of ether oxygens (including phenoxy) is 2. The SMILES string of the molecule is COC(=O)OC1=C(CN2CC(F)(F)C[C@H]2C(=O)O)NC(c2sccc2F)=N[C@]1(C)c1ccc(F)cc1. The Kier molecular flexibility index (Phi) is 6.80. The van der Waals surface area contributed by atoms with E-state index in [1.165, 1.54) is 30.5 Å². The van der Waals surface area contributed by atoms with E-state index in [0.29, 0.717) is 5.56 Å². The number of carboxylic acid groups (broad SMARTS) is 1. The first-order valence-electron chi connectivity index (χ1n) is 10.6. The van der Waals surface area contributed by atoms with E-state index in [1.54, 1.807) is 0 Å². The third kappa shape index (κ3) is 4.93. The molecule has 2 aliphatic rings. The number of aliphatic carboxylic acids is 1. The summed E-state index contributed by atoms with van der Waals surface area (Å²) in [5.74, 6) is -6.06. The molecule has 0 radical (unpaired) electrons. The van der Waals surface area contributed by atoms with Gasteiger partial charge >= 0.3 is 12.1 Å². The van der Waals surface area contributed by atoms with Crippen molar-refractivity contribution in [1.82, 2.24) is 10.2 Å². The van der Waals surface area contributed by atoms with Crippen molar-refractivity contribution in [2.45, 2.75) is 30.8 Å². The van der Waals surface area contributed by atoms with E-state index < -0.39 is 60.8 Å². The highest BCUT2D eigenvalue weighted by atomic mass is 32.1. The molecule has 3 heterocycles. The molecule has 2 aromatic rings. The van der Waals surface area contributed by atoms with Crippen LogP contribution in [0.4, 0.5) is 22.4 Å². The van der Waals surface area contributed by atoms with Crippen LogP contribution in [0.15, 0.2) is 52.2 Å². The number of nitrogens with zero attached hydrogens (tertiary/aromatic N) is 2. The Morgan fingerprint density at radius 2 is 1.94 bits per heavy atom. The third-order valence-corrected chi connectivity index (χ3v) is 6.82. The molecule has 1 aromatic carbocycles. The number of carbonyl (C=O) groups excluding carboxylic acids is 1. The first-order valence-corrected chi connectivity index (χ1v) is 11.5. The summed E-state index contributed by atoms with van der Waals surface area (Å²) < 4.78 is 66.6. The lowest BCUT2D eigenvalue weighted by molar-refractivity contribution is -0.142. The number of amidine groups is 1. The smallest absolute Gasteiger partial charge is 0.480 e. The molecule has 0 unspecified atom stereocenters. The lowest BCUT2D eigenvalue weighted by Gasteiger charge is -2.36. The van der Waals surface area contributed by atoms with E-state index in [1.807, 2.05) is 0 Å². The minimum absolute atomic E-state index is 0.000581. The standard InChI is InChI=1S/C23H21F4N3O5S/c1-22(12-3-5-13(24)6-4-12)18(35-21(33)34-2)15(28-19(29-22)17-14(25)7-8-36-17)10-30-11-23(26,27)9-16(30)20(31)32/h3-8,16H,9-11H2,1-2H3,(H,28,29)(H,31,32)/t16-,22+/m0/s1. The van der Waals surface area contributed by atoms with Gasteiger partial charge in [-0.1, -0.05) is 12.1 Å². The van der Waals surface area contributed by atoms with Crippen molar-refractivity contribution in [2.75, 3.05) is 20.2 Å². The van der Waals surface area contributed by atoms with Gasteiger partial charge in [0.15, 0.2) is 5.76 Å². The number of carbonyl (C=O) groups is 2. The van der Waals surface area contributed by atoms with E-state index in [9.17, 15) is 32.3 Å². The van der Waals surface area contributed by atoms with Gasteiger partial charge in [-0.3, -0.25) is 9.69 Å². The summed E-state index contributed by atoms with van der Waals surface area (Å²) >= 11 is 1.01. The fourth-order valence-corrected chi connectivity index (χ4v) is 4.94. The molecule has 0 aliphatic carbocycles. The molecule has 2 aliphatic heterocycles. The van der Waals surface area contributed by atoms with Crippen LogP contribution in [0.5, 0.6) is 0 Å². The highest BCUT2D eigenvalue weighted by Crippen LogP contribution is 2.41. The molecule has 0 bridgehead atoms. The number of halogens is 4. The zero-order valence-electron chi connectivity index (χ0n) is 19.1. The van der Waals surface area contributed by atoms with Gasteiger partial charge in [0.25, 0.3) is 5.92 Å². The van der Waals surface area contributed by atoms with E-state index in [0.717, 1.165) is 35.5 Å². The molecule has 0 spiro atoms. The Bertz CT molecular complexity index is 1250. The van der Waals surface area contributed by atoms with Crippen molar-refractivity contribution >= 4 is 29.3 Å². The highest BCUT2D eigenvalue weighted by molar-refractivity contribution is 7.12. The molecule has 2 N–H and O–H groups in total. The number of likely N-dealkylation sites (tertiary alicyclic amines) is 1. The van der Waals surface area contributed by atoms with E-state index >= 15 is 0 Å². The Hall–Kier alpha value is -3.45. The van der Waals surface area contributed by atoms with E-state index in [-0.39, 0.29) is 22.2 Å². The first kappa shape index (κ1) is 25.6. The van der Waals surface area contributed by atoms with Gasteiger partial charge in [-0.25, -0.2) is 27.3 Å². The zero-order valence-corrected chi connectivity index (χ0v) is 19.9. The minimum atomic E-state index is -3.27. The number of nitrogens with one attached hydrogen (secondary N) is 1. The van der Waals surface area contributed by atoms with Crippen LogP contribution in [0.3, 0.4) is 0 Å². The zero-order chi connectivity index (χ0) is 26.3. The average molecular weight is 527 g/mol. The second kappa shape index (κ2) is 9.54. The number of carboxylic acids is 1. The largest absolute Gasteiger partial charge is 0.513 e. The molecular weight excluding hydrogens is 506 g/mol. The van der Waals surface area contributed by atoms with E-state index in [4.69, 9.17) is 4.74 Å². The number of alkyl halides is 2. The maximum Gasteiger partial charge on any atom is 0.513 e. The lowest BCUT2D eigenvalue weighted by Crippen LogP contribution is -2.46. The minimum Gasteiger partial charge on any atom is -0.480 e. The Morgan fingerprint density at radius 3 is 2.53 bits per heavy atom. The van der Waals surface area contributed by atoms with Crippen LogP contribution < -0.4 is 5.32 Å². The summed E-state index contributed by atoms with van der Waals surface area (Å²) in [6, 6.07) is 4.77. The molecule has 0 amide bonds. The van der Waals surface area contributed by atoms with Gasteiger partial charge < -0.3 is 19.9 Å². The van der Waals surface area contributed by atoms with Gasteiger partial charge in [0, 0.05) is 13.0 Å². The number of rotatable bonds is 6. The van der Waals surface area contributed by atoms with Crippen LogP contribution in [0.25, 0.3) is 0 Å². The Balaban J connectivity index is 1.87. The average Bonchev–Trinajstić information content (AvgIpc) is 3.38. The predicted octanol–water partition coefficient (Wildman–Crippen LogP) is 4.08. The highest BCUT2D eigenvalue weighted by Gasteiger charge is 2.50. The summed E-state index contributed by atoms with van der Waals surface area (Å²) in [5, 5.41) is 13.8. The summed E-state index contributed by atoms with van der Waals surface area (Å²) in [4.78, 5) is 29.5. The molecule has 13 heteroatoms. The van der Waals surface area contributed by atoms with Crippen LogP contribution >= 0.6 is 11.3 Å². The second-order valence-corrected chi connectivity index (χ2v) is 9.36. The maximum atomic E-state index is 14.5. The normalized spacial score (nSPS) is 23.7. The lowest BCUT2D eigenvalue weighted by atomic mass is 9.87. The Morgan fingerprint density at radius 1 is 1.25 bits per heavy atom. The van der Waals surface area contributed by atoms with Crippen molar-refractivity contribution in [2.24, 2.45) is 4.99 Å². The summed E-state index contributed by atoms with van der Waals surface area (Å²) in [5.41, 5.74) is -1.25. The van der Waals surface area contributed by atoms with Crippen molar-refractivity contribution < 1.29 is 41.7 Å². The molecule has 1 saturated heterocycles. The molecular formula is C23H21F4N3O5S. The number of hydrogen-bond donors (Lipinski definition) is 2. The number of methoxy groups -OCH3 is 1. The van der Waals surface area contributed by atoms with Gasteiger partial charge in [0.2, 0.25) is 0 Å². The molecule has 8 nitrogen and oxygen atoms in total. The third-order valence-electron chi connectivity index (χ3n) is 5.93. The number of hydrogen-bond acceptors (Lipinski definition) is 8. The molecule has 1 aromatic heterocycles. The van der Waals surface area contributed by atoms with Gasteiger partial charge in [0.1, 0.15) is 33.9 Å².